The van der Waals surface area contributed by atoms with Gasteiger partial charge in [-0.15, -0.1) is 0 Å². The fourth-order valence-electron chi connectivity index (χ4n) is 1.08. The minimum Gasteiger partial charge on any atom is -0.481 e. The summed E-state index contributed by atoms with van der Waals surface area (Å²) >= 11 is 0. The van der Waals surface area contributed by atoms with E-state index in [1.807, 2.05) is 0 Å². The van der Waals surface area contributed by atoms with Crippen LogP contribution in [0.4, 0.5) is 11.5 Å². The molecule has 0 bridgehead atoms. The van der Waals surface area contributed by atoms with Crippen molar-refractivity contribution in [2.24, 2.45) is 0 Å². The summed E-state index contributed by atoms with van der Waals surface area (Å²) in [6.07, 6.45) is -0.111. The molecule has 0 fully saturated rings. The van der Waals surface area contributed by atoms with Crippen LogP contribution in [0.25, 0.3) is 0 Å². The Morgan fingerprint density at radius 2 is 2.35 bits per heavy atom. The van der Waals surface area contributed by atoms with Gasteiger partial charge in [0.25, 0.3) is 0 Å². The summed E-state index contributed by atoms with van der Waals surface area (Å²) in [5.74, 6) is -0.742. The number of nitrogens with one attached hydrogen (secondary N) is 1. The molecule has 1 rings (SSSR count). The van der Waals surface area contributed by atoms with Gasteiger partial charge >= 0.3 is 11.7 Å². The molecule has 0 aliphatic heterocycles. The number of nitrogens with zero attached hydrogens (tertiary/aromatic N) is 3. The SMILES string of the molecule is N#Cc1nc(NCCC(=O)O)ccc1[N+](=O)[O-]. The molecule has 1 aromatic rings. The first kappa shape index (κ1) is 12.4. The van der Waals surface area contributed by atoms with E-state index in [1.54, 1.807) is 6.07 Å². The fraction of sp³-hybridized carbons (Fsp3) is 0.222. The van der Waals surface area contributed by atoms with E-state index in [4.69, 9.17) is 10.4 Å². The van der Waals surface area contributed by atoms with Crippen molar-refractivity contribution in [3.63, 3.8) is 0 Å². The van der Waals surface area contributed by atoms with Gasteiger partial charge in [-0.05, 0) is 6.07 Å². The monoisotopic (exact) mass is 236 g/mol. The number of aromatic nitrogens is 1. The van der Waals surface area contributed by atoms with Crippen LogP contribution in [0.5, 0.6) is 0 Å². The number of nitro groups is 1. The van der Waals surface area contributed by atoms with Crippen LogP contribution in [0.3, 0.4) is 0 Å². The predicted octanol–water partition coefficient (Wildman–Crippen LogP) is 0.748. The Labute approximate surface area is 95.7 Å². The third-order valence-electron chi connectivity index (χ3n) is 1.82. The van der Waals surface area contributed by atoms with E-state index < -0.39 is 10.9 Å². The minimum atomic E-state index is -0.972. The molecule has 0 aliphatic carbocycles. The van der Waals surface area contributed by atoms with Gasteiger partial charge in [-0.1, -0.05) is 0 Å². The molecular formula is C9H8N4O4. The van der Waals surface area contributed by atoms with E-state index in [2.05, 4.69) is 10.3 Å². The van der Waals surface area contributed by atoms with Crippen molar-refractivity contribution < 1.29 is 14.8 Å². The number of hydrogen-bond acceptors (Lipinski definition) is 6. The summed E-state index contributed by atoms with van der Waals surface area (Å²) < 4.78 is 0. The number of pyridine rings is 1. The van der Waals surface area contributed by atoms with Crippen LogP contribution in [0.1, 0.15) is 12.1 Å². The van der Waals surface area contributed by atoms with Crippen molar-refractivity contribution in [3.05, 3.63) is 27.9 Å². The van der Waals surface area contributed by atoms with Crippen molar-refractivity contribution in [3.8, 4) is 6.07 Å². The van der Waals surface area contributed by atoms with Gasteiger partial charge in [-0.3, -0.25) is 14.9 Å². The van der Waals surface area contributed by atoms with E-state index in [-0.39, 0.29) is 30.2 Å². The molecule has 17 heavy (non-hydrogen) atoms. The zero-order valence-corrected chi connectivity index (χ0v) is 8.58. The van der Waals surface area contributed by atoms with Crippen molar-refractivity contribution in [2.45, 2.75) is 6.42 Å². The van der Waals surface area contributed by atoms with Crippen molar-refractivity contribution >= 4 is 17.5 Å². The summed E-state index contributed by atoms with van der Waals surface area (Å²) in [5.41, 5.74) is -0.688. The zero-order valence-electron chi connectivity index (χ0n) is 8.58. The van der Waals surface area contributed by atoms with Crippen molar-refractivity contribution in [1.29, 1.82) is 5.26 Å². The second-order valence-electron chi connectivity index (χ2n) is 3.00. The Kier molecular flexibility index (Phi) is 3.94. The maximum atomic E-state index is 10.5. The second-order valence-corrected chi connectivity index (χ2v) is 3.00. The molecule has 2 N–H and O–H groups in total. The summed E-state index contributed by atoms with van der Waals surface area (Å²) in [6, 6.07) is 4.08. The van der Waals surface area contributed by atoms with Gasteiger partial charge < -0.3 is 10.4 Å². The lowest BCUT2D eigenvalue weighted by atomic mass is 10.3. The standard InChI is InChI=1S/C9H8N4O4/c10-5-6-7(13(16)17)1-2-8(12-6)11-4-3-9(14)15/h1-2H,3-4H2,(H,11,12)(H,14,15). The molecule has 88 valence electrons. The zero-order chi connectivity index (χ0) is 12.8. The lowest BCUT2D eigenvalue weighted by Crippen LogP contribution is -2.09. The van der Waals surface area contributed by atoms with E-state index in [0.29, 0.717) is 0 Å². The number of hydrogen-bond donors (Lipinski definition) is 2. The van der Waals surface area contributed by atoms with E-state index in [1.165, 1.54) is 6.07 Å². The highest BCUT2D eigenvalue weighted by Gasteiger charge is 2.15. The first-order chi connectivity index (χ1) is 8.04. The summed E-state index contributed by atoms with van der Waals surface area (Å²) in [6.45, 7) is 0.130. The van der Waals surface area contributed by atoms with Crippen LogP contribution < -0.4 is 5.32 Å². The molecule has 0 unspecified atom stereocenters. The third kappa shape index (κ3) is 3.42. The Morgan fingerprint density at radius 1 is 1.65 bits per heavy atom. The number of carbonyl (C=O) groups is 1. The summed E-state index contributed by atoms with van der Waals surface area (Å²) in [7, 11) is 0. The number of nitriles is 1. The lowest BCUT2D eigenvalue weighted by molar-refractivity contribution is -0.385. The summed E-state index contributed by atoms with van der Waals surface area (Å²) in [5, 5.41) is 30.2. The Balaban J connectivity index is 2.80. The Hall–Kier alpha value is -2.69. The molecule has 0 spiro atoms. The highest BCUT2D eigenvalue weighted by molar-refractivity contribution is 5.67. The quantitative estimate of drug-likeness (QED) is 0.569. The van der Waals surface area contributed by atoms with E-state index >= 15 is 0 Å². The van der Waals surface area contributed by atoms with Crippen LogP contribution >= 0.6 is 0 Å². The van der Waals surface area contributed by atoms with Crippen molar-refractivity contribution in [2.75, 3.05) is 11.9 Å². The van der Waals surface area contributed by atoms with Gasteiger partial charge in [-0.25, -0.2) is 4.98 Å². The molecular weight excluding hydrogens is 228 g/mol. The average Bonchev–Trinajstić information content (AvgIpc) is 2.28. The van der Waals surface area contributed by atoms with E-state index in [9.17, 15) is 14.9 Å². The number of rotatable bonds is 5. The maximum Gasteiger partial charge on any atom is 0.305 e. The van der Waals surface area contributed by atoms with Crippen LogP contribution in [0, 0.1) is 21.4 Å². The number of aliphatic carboxylic acids is 1. The average molecular weight is 236 g/mol. The molecule has 8 nitrogen and oxygen atoms in total. The lowest BCUT2D eigenvalue weighted by Gasteiger charge is -2.03. The molecule has 0 aromatic carbocycles. The first-order valence-electron chi connectivity index (χ1n) is 4.56. The maximum absolute atomic E-state index is 10.5. The summed E-state index contributed by atoms with van der Waals surface area (Å²) in [4.78, 5) is 23.8. The van der Waals surface area contributed by atoms with Gasteiger partial charge in [0.05, 0.1) is 11.3 Å². The van der Waals surface area contributed by atoms with Gasteiger partial charge in [0.15, 0.2) is 0 Å². The number of carboxylic acid groups (broad SMARTS) is 1. The normalized spacial score (nSPS) is 9.35. The smallest absolute Gasteiger partial charge is 0.305 e. The molecule has 8 heteroatoms. The van der Waals surface area contributed by atoms with Crippen LogP contribution in [0.15, 0.2) is 12.1 Å². The van der Waals surface area contributed by atoms with Crippen molar-refractivity contribution in [1.82, 2.24) is 4.98 Å². The molecule has 0 atom stereocenters. The number of carboxylic acids is 1. The minimum absolute atomic E-state index is 0.111. The molecule has 0 aliphatic rings. The van der Waals surface area contributed by atoms with Gasteiger partial charge in [-0.2, -0.15) is 5.26 Å². The molecule has 1 heterocycles. The molecule has 0 saturated heterocycles. The molecule has 0 saturated carbocycles. The topological polar surface area (TPSA) is 129 Å². The Bertz CT molecular complexity index is 494. The first-order valence-corrected chi connectivity index (χ1v) is 4.56. The van der Waals surface area contributed by atoms with Crippen LogP contribution in [0.2, 0.25) is 0 Å². The third-order valence-corrected chi connectivity index (χ3v) is 1.82. The van der Waals surface area contributed by atoms with Gasteiger partial charge in [0.1, 0.15) is 11.9 Å². The van der Waals surface area contributed by atoms with E-state index in [0.717, 1.165) is 6.07 Å². The van der Waals surface area contributed by atoms with Gasteiger partial charge in [0, 0.05) is 12.6 Å². The largest absolute Gasteiger partial charge is 0.481 e. The Morgan fingerprint density at radius 3 is 2.88 bits per heavy atom. The fourth-order valence-corrected chi connectivity index (χ4v) is 1.08. The molecule has 0 radical (unpaired) electrons. The van der Waals surface area contributed by atoms with Crippen LogP contribution in [-0.4, -0.2) is 27.5 Å². The predicted molar refractivity (Wildman–Crippen MR) is 56.3 cm³/mol. The molecule has 0 amide bonds. The van der Waals surface area contributed by atoms with Gasteiger partial charge in [0.2, 0.25) is 5.69 Å². The highest BCUT2D eigenvalue weighted by Crippen LogP contribution is 2.17. The second kappa shape index (κ2) is 5.41. The van der Waals surface area contributed by atoms with Crippen LogP contribution in [-0.2, 0) is 4.79 Å². The molecule has 1 aromatic heterocycles. The highest BCUT2D eigenvalue weighted by atomic mass is 16.6. The number of anilines is 1.